The van der Waals surface area contributed by atoms with Crippen molar-refractivity contribution in [2.24, 2.45) is 0 Å². The Morgan fingerprint density at radius 2 is 1.84 bits per heavy atom. The molecule has 0 spiro atoms. The lowest BCUT2D eigenvalue weighted by atomic mass is 10.0. The Balaban J connectivity index is 1.22. The summed E-state index contributed by atoms with van der Waals surface area (Å²) < 4.78 is 3.70. The van der Waals surface area contributed by atoms with E-state index in [9.17, 15) is 9.59 Å². The Morgan fingerprint density at radius 1 is 1.05 bits per heavy atom. The van der Waals surface area contributed by atoms with Gasteiger partial charge in [-0.1, -0.05) is 35.3 Å². The zero-order chi connectivity index (χ0) is 29.7. The fourth-order valence-electron chi connectivity index (χ4n) is 5.96. The molecule has 10 nitrogen and oxygen atoms in total. The van der Waals surface area contributed by atoms with E-state index in [4.69, 9.17) is 28.3 Å². The lowest BCUT2D eigenvalue weighted by molar-refractivity contribution is -0.129. The van der Waals surface area contributed by atoms with E-state index >= 15 is 0 Å². The van der Waals surface area contributed by atoms with Crippen LogP contribution in [0, 0.1) is 0 Å². The van der Waals surface area contributed by atoms with Gasteiger partial charge in [0.05, 0.1) is 22.1 Å². The summed E-state index contributed by atoms with van der Waals surface area (Å²) in [6.07, 6.45) is 7.04. The van der Waals surface area contributed by atoms with Crippen molar-refractivity contribution in [2.75, 3.05) is 36.4 Å². The van der Waals surface area contributed by atoms with Gasteiger partial charge in [0.1, 0.15) is 5.52 Å². The van der Waals surface area contributed by atoms with Gasteiger partial charge in [-0.05, 0) is 36.6 Å². The Morgan fingerprint density at radius 3 is 2.56 bits per heavy atom. The van der Waals surface area contributed by atoms with Crippen molar-refractivity contribution in [3.8, 4) is 11.1 Å². The highest BCUT2D eigenvalue weighted by molar-refractivity contribution is 7.13. The van der Waals surface area contributed by atoms with Crippen molar-refractivity contribution < 1.29 is 9.59 Å². The minimum Gasteiger partial charge on any atom is -0.368 e. The summed E-state index contributed by atoms with van der Waals surface area (Å²) in [6, 6.07) is 9.17. The van der Waals surface area contributed by atoms with E-state index in [-0.39, 0.29) is 11.8 Å². The Hall–Kier alpha value is -3.93. The van der Waals surface area contributed by atoms with E-state index < -0.39 is 6.04 Å². The van der Waals surface area contributed by atoms with Crippen molar-refractivity contribution in [2.45, 2.75) is 32.4 Å². The predicted octanol–water partition coefficient (Wildman–Crippen LogP) is 5.51. The van der Waals surface area contributed by atoms with Gasteiger partial charge >= 0.3 is 0 Å². The van der Waals surface area contributed by atoms with E-state index in [1.807, 2.05) is 28.5 Å². The van der Waals surface area contributed by atoms with Gasteiger partial charge in [-0.3, -0.25) is 19.6 Å². The molecule has 13 heteroatoms. The van der Waals surface area contributed by atoms with Crippen LogP contribution < -0.4 is 10.2 Å². The number of anilines is 2. The monoisotopic (exact) mass is 634 g/mol. The molecule has 3 aromatic heterocycles. The van der Waals surface area contributed by atoms with Crippen LogP contribution in [0.5, 0.6) is 0 Å². The maximum absolute atomic E-state index is 13.7. The van der Waals surface area contributed by atoms with Gasteiger partial charge in [0.25, 0.3) is 5.91 Å². The van der Waals surface area contributed by atoms with Crippen molar-refractivity contribution in [3.05, 3.63) is 75.9 Å². The highest BCUT2D eigenvalue weighted by Gasteiger charge is 2.32. The number of fused-ring (bicyclic) bond motifs is 2. The number of carbonyl (C=O) groups excluding carboxylic acids is 2. The fraction of sp³-hybridized carbons (Fsp3) is 0.300. The number of carbonyl (C=O) groups is 2. The average Bonchev–Trinajstić information content (AvgIpc) is 3.82. The maximum Gasteiger partial charge on any atom is 0.257 e. The minimum absolute atomic E-state index is 0.111. The number of nitrogens with zero attached hydrogens (tertiary/aromatic N) is 7. The van der Waals surface area contributed by atoms with E-state index in [1.54, 1.807) is 30.3 Å². The van der Waals surface area contributed by atoms with Gasteiger partial charge in [0.2, 0.25) is 5.91 Å². The van der Waals surface area contributed by atoms with E-state index in [2.05, 4.69) is 36.9 Å². The van der Waals surface area contributed by atoms with Crippen molar-refractivity contribution in [1.82, 2.24) is 29.2 Å². The SMILES string of the molecule is CC(=O)N1CCN(c2ccc(-c3cc(Cl)c4cn(C(C(=O)Nc5nccs5)c5ncn6c5CCC6)nc4c3Cl)cc2)CC1. The molecular weight excluding hydrogens is 607 g/mol. The lowest BCUT2D eigenvalue weighted by Gasteiger charge is -2.35. The number of benzene rings is 2. The van der Waals surface area contributed by atoms with Gasteiger partial charge in [-0.25, -0.2) is 9.97 Å². The zero-order valence-corrected chi connectivity index (χ0v) is 25.7. The summed E-state index contributed by atoms with van der Waals surface area (Å²) in [7, 11) is 0. The third-order valence-corrected chi connectivity index (χ3v) is 9.58. The van der Waals surface area contributed by atoms with Crippen LogP contribution in [0.15, 0.2) is 54.4 Å². The maximum atomic E-state index is 13.7. The molecule has 0 saturated carbocycles. The van der Waals surface area contributed by atoms with Gasteiger partial charge in [-0.2, -0.15) is 5.10 Å². The molecule has 220 valence electrons. The Kier molecular flexibility index (Phi) is 7.32. The molecule has 0 radical (unpaired) electrons. The number of piperazine rings is 1. The largest absolute Gasteiger partial charge is 0.368 e. The summed E-state index contributed by atoms with van der Waals surface area (Å²) in [4.78, 5) is 38.4. The number of thiazole rings is 1. The Labute approximate surface area is 261 Å². The first-order valence-corrected chi connectivity index (χ1v) is 15.7. The third-order valence-electron chi connectivity index (χ3n) is 8.20. The van der Waals surface area contributed by atoms with Crippen LogP contribution in [-0.4, -0.2) is 67.2 Å². The number of amides is 2. The number of aromatic nitrogens is 5. The minimum atomic E-state index is -0.830. The summed E-state index contributed by atoms with van der Waals surface area (Å²) >= 11 is 15.2. The molecule has 1 N–H and O–H groups in total. The molecule has 5 heterocycles. The molecule has 0 aliphatic carbocycles. The molecule has 2 aliphatic rings. The number of imidazole rings is 1. The second-order valence-corrected chi connectivity index (χ2v) is 12.4. The van der Waals surface area contributed by atoms with Gasteiger partial charge in [-0.15, -0.1) is 11.3 Å². The molecule has 2 aliphatic heterocycles. The average molecular weight is 636 g/mol. The fourth-order valence-corrected chi connectivity index (χ4v) is 7.04. The first-order valence-electron chi connectivity index (χ1n) is 14.1. The predicted molar refractivity (Wildman–Crippen MR) is 169 cm³/mol. The number of halogens is 2. The van der Waals surface area contributed by atoms with E-state index in [0.717, 1.165) is 55.0 Å². The summed E-state index contributed by atoms with van der Waals surface area (Å²) in [5, 5.41) is 11.7. The van der Waals surface area contributed by atoms with Crippen molar-refractivity contribution >= 4 is 68.1 Å². The second kappa shape index (κ2) is 11.3. The van der Waals surface area contributed by atoms with Gasteiger partial charge in [0, 0.05) is 79.8 Å². The molecule has 7 rings (SSSR count). The summed E-state index contributed by atoms with van der Waals surface area (Å²) in [5.41, 5.74) is 4.94. The Bertz CT molecular complexity index is 1820. The number of hydrogen-bond acceptors (Lipinski definition) is 7. The zero-order valence-electron chi connectivity index (χ0n) is 23.3. The number of hydrogen-bond donors (Lipinski definition) is 1. The van der Waals surface area contributed by atoms with Crippen LogP contribution in [-0.2, 0) is 22.6 Å². The molecule has 1 unspecified atom stereocenters. The number of rotatable bonds is 6. The smallest absolute Gasteiger partial charge is 0.257 e. The molecule has 5 aromatic rings. The van der Waals surface area contributed by atoms with Crippen LogP contribution in [0.1, 0.15) is 30.8 Å². The number of aryl methyl sites for hydroxylation is 1. The second-order valence-electron chi connectivity index (χ2n) is 10.7. The number of nitrogens with one attached hydrogen (secondary N) is 1. The highest BCUT2D eigenvalue weighted by atomic mass is 35.5. The van der Waals surface area contributed by atoms with Gasteiger partial charge < -0.3 is 14.4 Å². The summed E-state index contributed by atoms with van der Waals surface area (Å²) in [6.45, 7) is 5.47. The van der Waals surface area contributed by atoms with E-state index in [1.165, 1.54) is 11.3 Å². The molecule has 0 bridgehead atoms. The van der Waals surface area contributed by atoms with Crippen LogP contribution in [0.25, 0.3) is 22.0 Å². The quantitative estimate of drug-likeness (QED) is 0.264. The van der Waals surface area contributed by atoms with Crippen molar-refractivity contribution in [3.63, 3.8) is 0 Å². The third kappa shape index (κ3) is 5.15. The van der Waals surface area contributed by atoms with Crippen LogP contribution in [0.2, 0.25) is 10.0 Å². The standard InChI is InChI=1S/C30H28Cl2N8O2S/c1-18(41)37-10-12-38(13-11-37)20-6-4-19(5-7-20)21-15-23(31)22-16-40(36-26(22)25(21)32)28(29(42)35-30-33-8-14-43-30)27-24-3-2-9-39(24)17-34-27/h4-8,14-17,28H,2-3,9-13H2,1H3,(H,33,35,42). The van der Waals surface area contributed by atoms with Crippen molar-refractivity contribution in [1.29, 1.82) is 0 Å². The molecule has 2 aromatic carbocycles. The molecule has 1 saturated heterocycles. The topological polar surface area (TPSA) is 101 Å². The lowest BCUT2D eigenvalue weighted by Crippen LogP contribution is -2.48. The molecule has 2 amide bonds. The van der Waals surface area contributed by atoms with E-state index in [0.29, 0.717) is 44.9 Å². The summed E-state index contributed by atoms with van der Waals surface area (Å²) in [5.74, 6) is -0.178. The van der Waals surface area contributed by atoms with Crippen LogP contribution in [0.3, 0.4) is 0 Å². The first kappa shape index (κ1) is 27.9. The normalized spacial score (nSPS) is 15.6. The van der Waals surface area contributed by atoms with Gasteiger partial charge in [0.15, 0.2) is 11.2 Å². The van der Waals surface area contributed by atoms with Crippen LogP contribution >= 0.6 is 34.5 Å². The molecule has 43 heavy (non-hydrogen) atoms. The van der Waals surface area contributed by atoms with Crippen LogP contribution in [0.4, 0.5) is 10.8 Å². The first-order chi connectivity index (χ1) is 20.9. The molecule has 1 fully saturated rings. The highest BCUT2D eigenvalue weighted by Crippen LogP contribution is 2.40. The molecule has 1 atom stereocenters. The molecular formula is C30H28Cl2N8O2S.